The summed E-state index contributed by atoms with van der Waals surface area (Å²) in [4.78, 5) is 2.26. The number of benzene rings is 1. The van der Waals surface area contributed by atoms with Crippen molar-refractivity contribution < 1.29 is 9.84 Å². The van der Waals surface area contributed by atoms with Crippen LogP contribution in [0.25, 0.3) is 0 Å². The quantitative estimate of drug-likeness (QED) is 0.720. The Morgan fingerprint density at radius 1 is 1.19 bits per heavy atom. The van der Waals surface area contributed by atoms with Gasteiger partial charge in [-0.15, -0.1) is 0 Å². The van der Waals surface area contributed by atoms with Crippen molar-refractivity contribution in [1.29, 1.82) is 0 Å². The third kappa shape index (κ3) is 2.94. The minimum atomic E-state index is 0.319. The molecule has 1 aromatic rings. The van der Waals surface area contributed by atoms with Gasteiger partial charge in [-0.3, -0.25) is 4.90 Å². The smallest absolute Gasteiger partial charge is 0.115 e. The number of nitrogens with zero attached hydrogens (tertiary/aromatic N) is 1. The van der Waals surface area contributed by atoms with Gasteiger partial charge in [0, 0.05) is 6.54 Å². The molecule has 0 radical (unpaired) electrons. The molecule has 3 fully saturated rings. The van der Waals surface area contributed by atoms with Crippen molar-refractivity contribution in [2.75, 3.05) is 20.3 Å². The Balaban J connectivity index is 1.39. The van der Waals surface area contributed by atoms with E-state index in [-0.39, 0.29) is 0 Å². The Hall–Kier alpha value is -1.32. The minimum absolute atomic E-state index is 0.319. The van der Waals surface area contributed by atoms with Crippen LogP contribution in [0.4, 0.5) is 0 Å². The number of allylic oxidation sites excluding steroid dienone is 1. The van der Waals surface area contributed by atoms with E-state index in [1.165, 1.54) is 43.2 Å². The molecule has 0 spiro atoms. The number of aryl methyl sites for hydroxylation is 1. The van der Waals surface area contributed by atoms with Gasteiger partial charge in [-0.1, -0.05) is 24.6 Å². The van der Waals surface area contributed by atoms with Crippen LogP contribution in [0.1, 0.15) is 62.5 Å². The zero-order chi connectivity index (χ0) is 18.6. The summed E-state index contributed by atoms with van der Waals surface area (Å²) in [6, 6.07) is 6.12. The standard InChI is InChI=1S/C24H33NO2/c1-24-11-9-21-20-7-5-18(26)13-16(20)3-6-22(21)23(24)8-4-17(24)14-19-10-12-25(2)15-27-19/h5,7,13-14,19,21-23,26H,3-4,6,8-12,15H2,1-2H3/b17-14+. The molecule has 1 aliphatic heterocycles. The molecule has 2 saturated carbocycles. The number of phenols is 1. The Kier molecular flexibility index (Phi) is 4.36. The lowest BCUT2D eigenvalue weighted by Crippen LogP contribution is -2.40. The van der Waals surface area contributed by atoms with Gasteiger partial charge in [-0.05, 0) is 98.4 Å². The van der Waals surface area contributed by atoms with Crippen LogP contribution in [0.5, 0.6) is 5.75 Å². The van der Waals surface area contributed by atoms with Crippen LogP contribution in [0, 0.1) is 17.3 Å². The fraction of sp³-hybridized carbons (Fsp3) is 0.667. The van der Waals surface area contributed by atoms with Gasteiger partial charge < -0.3 is 9.84 Å². The van der Waals surface area contributed by atoms with E-state index in [2.05, 4.69) is 31.0 Å². The largest absolute Gasteiger partial charge is 0.508 e. The number of rotatable bonds is 1. The zero-order valence-corrected chi connectivity index (χ0v) is 16.8. The van der Waals surface area contributed by atoms with Crippen molar-refractivity contribution in [2.24, 2.45) is 17.3 Å². The first-order valence-corrected chi connectivity index (χ1v) is 10.9. The van der Waals surface area contributed by atoms with E-state index >= 15 is 0 Å². The van der Waals surface area contributed by atoms with Crippen LogP contribution in [0.3, 0.4) is 0 Å². The van der Waals surface area contributed by atoms with E-state index in [0.717, 1.165) is 38.0 Å². The summed E-state index contributed by atoms with van der Waals surface area (Å²) >= 11 is 0. The molecular formula is C24H33NO2. The molecule has 0 aromatic heterocycles. The average molecular weight is 368 g/mol. The summed E-state index contributed by atoms with van der Waals surface area (Å²) in [5.41, 5.74) is 5.00. The molecule has 3 heteroatoms. The first kappa shape index (κ1) is 17.8. The van der Waals surface area contributed by atoms with Gasteiger partial charge in [0.15, 0.2) is 0 Å². The molecule has 0 amide bonds. The van der Waals surface area contributed by atoms with Gasteiger partial charge in [0.1, 0.15) is 5.75 Å². The van der Waals surface area contributed by atoms with E-state index in [1.807, 2.05) is 12.1 Å². The second-order valence-corrected chi connectivity index (χ2v) is 9.69. The Morgan fingerprint density at radius 2 is 2.07 bits per heavy atom. The molecule has 27 heavy (non-hydrogen) atoms. The van der Waals surface area contributed by atoms with Crippen molar-refractivity contribution in [3.05, 3.63) is 41.0 Å². The Morgan fingerprint density at radius 3 is 2.89 bits per heavy atom. The lowest BCUT2D eigenvalue weighted by Gasteiger charge is -2.49. The summed E-state index contributed by atoms with van der Waals surface area (Å²) in [6.45, 7) is 4.46. The molecule has 5 unspecified atom stereocenters. The third-order valence-electron chi connectivity index (χ3n) is 8.25. The Bertz CT molecular complexity index is 749. The molecule has 146 valence electrons. The number of aromatic hydroxyl groups is 1. The van der Waals surface area contributed by atoms with E-state index in [9.17, 15) is 5.11 Å². The highest BCUT2D eigenvalue weighted by Gasteiger charge is 2.52. The van der Waals surface area contributed by atoms with Gasteiger partial charge in [0.05, 0.1) is 12.8 Å². The van der Waals surface area contributed by atoms with Crippen LogP contribution in [0.2, 0.25) is 0 Å². The zero-order valence-electron chi connectivity index (χ0n) is 16.8. The monoisotopic (exact) mass is 367 g/mol. The van der Waals surface area contributed by atoms with E-state index in [4.69, 9.17) is 4.74 Å². The summed E-state index contributed by atoms with van der Waals surface area (Å²) < 4.78 is 6.07. The van der Waals surface area contributed by atoms with E-state index in [1.54, 1.807) is 5.57 Å². The van der Waals surface area contributed by atoms with Crippen molar-refractivity contribution in [3.8, 4) is 5.75 Å². The highest BCUT2D eigenvalue weighted by Crippen LogP contribution is 2.63. The maximum Gasteiger partial charge on any atom is 0.115 e. The number of hydrogen-bond donors (Lipinski definition) is 1. The Labute approximate surface area is 163 Å². The predicted octanol–water partition coefficient (Wildman–Crippen LogP) is 4.85. The number of hydrogen-bond acceptors (Lipinski definition) is 3. The van der Waals surface area contributed by atoms with Gasteiger partial charge in [0.25, 0.3) is 0 Å². The second kappa shape index (κ2) is 6.63. The highest BCUT2D eigenvalue weighted by molar-refractivity contribution is 5.41. The lowest BCUT2D eigenvalue weighted by molar-refractivity contribution is -0.0364. The summed E-state index contributed by atoms with van der Waals surface area (Å²) in [7, 11) is 2.14. The first-order valence-electron chi connectivity index (χ1n) is 10.9. The molecule has 1 aromatic carbocycles. The van der Waals surface area contributed by atoms with Crippen LogP contribution >= 0.6 is 0 Å². The maximum absolute atomic E-state index is 9.86. The normalized spacial score (nSPS) is 40.4. The summed E-state index contributed by atoms with van der Waals surface area (Å²) in [6.07, 6.45) is 11.6. The molecular weight excluding hydrogens is 334 g/mol. The van der Waals surface area contributed by atoms with E-state index in [0.29, 0.717) is 23.2 Å². The number of fused-ring (bicyclic) bond motifs is 5. The number of ether oxygens (including phenoxy) is 1. The molecule has 1 N–H and O–H groups in total. The third-order valence-corrected chi connectivity index (χ3v) is 8.25. The molecule has 0 bridgehead atoms. The maximum atomic E-state index is 9.86. The lowest BCUT2D eigenvalue weighted by atomic mass is 9.55. The van der Waals surface area contributed by atoms with Crippen molar-refractivity contribution in [3.63, 3.8) is 0 Å². The molecule has 1 saturated heterocycles. The highest BCUT2D eigenvalue weighted by atomic mass is 16.5. The van der Waals surface area contributed by atoms with Crippen LogP contribution < -0.4 is 0 Å². The van der Waals surface area contributed by atoms with Gasteiger partial charge in [-0.25, -0.2) is 0 Å². The second-order valence-electron chi connectivity index (χ2n) is 9.69. The first-order chi connectivity index (χ1) is 13.0. The van der Waals surface area contributed by atoms with Gasteiger partial charge >= 0.3 is 0 Å². The van der Waals surface area contributed by atoms with Crippen LogP contribution in [0.15, 0.2) is 29.8 Å². The fourth-order valence-corrected chi connectivity index (χ4v) is 6.76. The predicted molar refractivity (Wildman–Crippen MR) is 108 cm³/mol. The average Bonchev–Trinajstić information content (AvgIpc) is 2.99. The topological polar surface area (TPSA) is 32.7 Å². The SMILES string of the molecule is CN1CCC(/C=C2\CCC3C4CCc5cc(O)ccc5C4CCC23C)OC1. The minimum Gasteiger partial charge on any atom is -0.508 e. The molecule has 4 aliphatic rings. The van der Waals surface area contributed by atoms with Crippen LogP contribution in [-0.2, 0) is 11.2 Å². The molecule has 1 heterocycles. The molecule has 5 atom stereocenters. The fourth-order valence-electron chi connectivity index (χ4n) is 6.76. The summed E-state index contributed by atoms with van der Waals surface area (Å²) in [5.74, 6) is 2.75. The van der Waals surface area contributed by atoms with Crippen molar-refractivity contribution in [2.45, 2.75) is 63.9 Å². The number of phenolic OH excluding ortho intramolecular Hbond substituents is 1. The molecule has 3 nitrogen and oxygen atoms in total. The van der Waals surface area contributed by atoms with Gasteiger partial charge in [0.2, 0.25) is 0 Å². The molecule has 5 rings (SSSR count). The van der Waals surface area contributed by atoms with E-state index < -0.39 is 0 Å². The van der Waals surface area contributed by atoms with Crippen molar-refractivity contribution in [1.82, 2.24) is 4.90 Å². The van der Waals surface area contributed by atoms with Gasteiger partial charge in [-0.2, -0.15) is 0 Å². The van der Waals surface area contributed by atoms with Crippen LogP contribution in [-0.4, -0.2) is 36.4 Å². The summed E-state index contributed by atoms with van der Waals surface area (Å²) in [5, 5.41) is 9.86. The molecule has 3 aliphatic carbocycles. The van der Waals surface area contributed by atoms with Crippen molar-refractivity contribution >= 4 is 0 Å².